The van der Waals surface area contributed by atoms with Crippen LogP contribution in [-0.2, 0) is 4.79 Å². The standard InChI is InChI=1S/C21H15Cl2N3O2S2/c1-12-10-14-19(30-12)25-21(26(20(14)28)13-6-3-2-4-7-13)29-11-17(27)24-18-15(22)8-5-9-16(18)23/h2-10H,11H2,1H3,(H,24,27). The van der Waals surface area contributed by atoms with E-state index in [9.17, 15) is 9.59 Å². The molecular weight excluding hydrogens is 461 g/mol. The van der Waals surface area contributed by atoms with Crippen LogP contribution in [0, 0.1) is 6.92 Å². The Hall–Kier alpha value is -2.32. The van der Waals surface area contributed by atoms with E-state index in [-0.39, 0.29) is 17.2 Å². The van der Waals surface area contributed by atoms with Crippen LogP contribution in [0.4, 0.5) is 5.69 Å². The van der Waals surface area contributed by atoms with Gasteiger partial charge in [0.05, 0.1) is 32.6 Å². The first-order valence-electron chi connectivity index (χ1n) is 8.89. The number of carbonyl (C=O) groups is 1. The predicted octanol–water partition coefficient (Wildman–Crippen LogP) is 5.79. The van der Waals surface area contributed by atoms with Crippen molar-refractivity contribution in [2.75, 3.05) is 11.1 Å². The molecule has 0 aliphatic carbocycles. The second kappa shape index (κ2) is 8.81. The van der Waals surface area contributed by atoms with Crippen molar-refractivity contribution in [3.63, 3.8) is 0 Å². The molecule has 0 saturated heterocycles. The van der Waals surface area contributed by atoms with E-state index in [0.29, 0.717) is 36.8 Å². The fourth-order valence-electron chi connectivity index (χ4n) is 2.91. The lowest BCUT2D eigenvalue weighted by atomic mass is 10.3. The lowest BCUT2D eigenvalue weighted by Gasteiger charge is -2.12. The molecule has 4 aromatic rings. The molecular formula is C21H15Cl2N3O2S2. The maximum Gasteiger partial charge on any atom is 0.267 e. The second-order valence-corrected chi connectivity index (χ2v) is 9.37. The Kier molecular flexibility index (Phi) is 6.15. The molecule has 0 spiro atoms. The minimum Gasteiger partial charge on any atom is -0.323 e. The third-order valence-corrected chi connectivity index (χ3v) is 6.74. The Labute approximate surface area is 190 Å². The molecule has 1 amide bonds. The number of aryl methyl sites for hydroxylation is 1. The number of carbonyl (C=O) groups excluding carboxylic acids is 1. The van der Waals surface area contributed by atoms with Gasteiger partial charge < -0.3 is 5.32 Å². The Bertz CT molecular complexity index is 1280. The normalized spacial score (nSPS) is 11.0. The van der Waals surface area contributed by atoms with E-state index in [1.807, 2.05) is 43.3 Å². The lowest BCUT2D eigenvalue weighted by molar-refractivity contribution is -0.113. The summed E-state index contributed by atoms with van der Waals surface area (Å²) in [5.41, 5.74) is 0.898. The molecule has 2 aromatic carbocycles. The molecule has 5 nitrogen and oxygen atoms in total. The number of nitrogens with one attached hydrogen (secondary N) is 1. The summed E-state index contributed by atoms with van der Waals surface area (Å²) in [6.45, 7) is 1.94. The van der Waals surface area contributed by atoms with Gasteiger partial charge in [0.15, 0.2) is 5.16 Å². The van der Waals surface area contributed by atoms with Crippen LogP contribution in [0.2, 0.25) is 10.0 Å². The molecule has 4 rings (SSSR count). The quantitative estimate of drug-likeness (QED) is 0.292. The number of anilines is 1. The number of thiophene rings is 1. The van der Waals surface area contributed by atoms with E-state index >= 15 is 0 Å². The lowest BCUT2D eigenvalue weighted by Crippen LogP contribution is -2.22. The van der Waals surface area contributed by atoms with Gasteiger partial charge in [-0.2, -0.15) is 0 Å². The van der Waals surface area contributed by atoms with Crippen molar-refractivity contribution in [2.24, 2.45) is 0 Å². The summed E-state index contributed by atoms with van der Waals surface area (Å²) < 4.78 is 1.54. The van der Waals surface area contributed by atoms with Crippen LogP contribution in [0.5, 0.6) is 0 Å². The summed E-state index contributed by atoms with van der Waals surface area (Å²) in [7, 11) is 0. The predicted molar refractivity (Wildman–Crippen MR) is 126 cm³/mol. The van der Waals surface area contributed by atoms with Gasteiger partial charge in [-0.3, -0.25) is 14.2 Å². The zero-order valence-electron chi connectivity index (χ0n) is 15.7. The number of rotatable bonds is 5. The molecule has 2 aromatic heterocycles. The van der Waals surface area contributed by atoms with Crippen LogP contribution in [0.15, 0.2) is 64.5 Å². The maximum absolute atomic E-state index is 13.2. The topological polar surface area (TPSA) is 64.0 Å². The molecule has 0 radical (unpaired) electrons. The summed E-state index contributed by atoms with van der Waals surface area (Å²) in [6, 6.07) is 16.1. The summed E-state index contributed by atoms with van der Waals surface area (Å²) >= 11 is 14.9. The number of amides is 1. The smallest absolute Gasteiger partial charge is 0.267 e. The van der Waals surface area contributed by atoms with E-state index in [1.54, 1.807) is 18.2 Å². The van der Waals surface area contributed by atoms with Gasteiger partial charge in [-0.25, -0.2) is 4.98 Å². The van der Waals surface area contributed by atoms with Gasteiger partial charge in [0.1, 0.15) is 4.83 Å². The Morgan fingerprint density at radius 3 is 2.53 bits per heavy atom. The highest BCUT2D eigenvalue weighted by Crippen LogP contribution is 2.30. The molecule has 30 heavy (non-hydrogen) atoms. The molecule has 0 saturated carbocycles. The first-order valence-corrected chi connectivity index (χ1v) is 11.4. The van der Waals surface area contributed by atoms with Crippen molar-refractivity contribution >= 4 is 68.1 Å². The number of benzene rings is 2. The number of hydrogen-bond acceptors (Lipinski definition) is 5. The number of aromatic nitrogens is 2. The van der Waals surface area contributed by atoms with Crippen molar-refractivity contribution in [2.45, 2.75) is 12.1 Å². The molecule has 152 valence electrons. The van der Waals surface area contributed by atoms with Crippen LogP contribution in [0.25, 0.3) is 15.9 Å². The molecule has 1 N–H and O–H groups in total. The number of hydrogen-bond donors (Lipinski definition) is 1. The van der Waals surface area contributed by atoms with E-state index in [4.69, 9.17) is 23.2 Å². The first kappa shape index (κ1) is 20.9. The highest BCUT2D eigenvalue weighted by molar-refractivity contribution is 7.99. The van der Waals surface area contributed by atoms with Gasteiger partial charge in [-0.1, -0.05) is 59.2 Å². The highest BCUT2D eigenvalue weighted by Gasteiger charge is 2.17. The van der Waals surface area contributed by atoms with Gasteiger partial charge in [0.25, 0.3) is 5.56 Å². The fourth-order valence-corrected chi connectivity index (χ4v) is 5.13. The number of para-hydroxylation sites is 2. The summed E-state index contributed by atoms with van der Waals surface area (Å²) in [6.07, 6.45) is 0. The Balaban J connectivity index is 1.66. The summed E-state index contributed by atoms with van der Waals surface area (Å²) in [5, 5.41) is 4.45. The highest BCUT2D eigenvalue weighted by atomic mass is 35.5. The molecule has 0 aliphatic heterocycles. The van der Waals surface area contributed by atoms with Crippen LogP contribution in [-0.4, -0.2) is 21.2 Å². The largest absolute Gasteiger partial charge is 0.323 e. The van der Waals surface area contributed by atoms with Crippen molar-refractivity contribution in [1.29, 1.82) is 0 Å². The number of fused-ring (bicyclic) bond motifs is 1. The minimum absolute atomic E-state index is 0.0384. The zero-order chi connectivity index (χ0) is 21.3. The molecule has 9 heteroatoms. The van der Waals surface area contributed by atoms with E-state index < -0.39 is 0 Å². The molecule has 2 heterocycles. The number of nitrogens with zero attached hydrogens (tertiary/aromatic N) is 2. The van der Waals surface area contributed by atoms with Crippen molar-refractivity contribution < 1.29 is 4.79 Å². The first-order chi connectivity index (χ1) is 14.4. The molecule has 0 atom stereocenters. The Morgan fingerprint density at radius 1 is 1.13 bits per heavy atom. The Morgan fingerprint density at radius 2 is 1.83 bits per heavy atom. The van der Waals surface area contributed by atoms with Gasteiger partial charge >= 0.3 is 0 Å². The average molecular weight is 476 g/mol. The average Bonchev–Trinajstić information content (AvgIpc) is 3.10. The maximum atomic E-state index is 13.2. The number of halogens is 2. The molecule has 0 bridgehead atoms. The van der Waals surface area contributed by atoms with E-state index in [0.717, 1.165) is 4.88 Å². The monoisotopic (exact) mass is 475 g/mol. The SMILES string of the molecule is Cc1cc2c(=O)n(-c3ccccc3)c(SCC(=O)Nc3c(Cl)cccc3Cl)nc2s1. The third kappa shape index (κ3) is 4.25. The van der Waals surface area contributed by atoms with Gasteiger partial charge in [-0.15, -0.1) is 11.3 Å². The van der Waals surface area contributed by atoms with Crippen molar-refractivity contribution in [3.8, 4) is 5.69 Å². The molecule has 0 fully saturated rings. The van der Waals surface area contributed by atoms with Gasteiger partial charge in [-0.05, 0) is 37.3 Å². The number of thioether (sulfide) groups is 1. The van der Waals surface area contributed by atoms with Crippen molar-refractivity contribution in [3.05, 3.63) is 79.9 Å². The van der Waals surface area contributed by atoms with Gasteiger partial charge in [0.2, 0.25) is 5.91 Å². The summed E-state index contributed by atoms with van der Waals surface area (Å²) in [5.74, 6) is -0.261. The zero-order valence-corrected chi connectivity index (χ0v) is 18.8. The van der Waals surface area contributed by atoms with Crippen LogP contribution in [0.1, 0.15) is 4.88 Å². The van der Waals surface area contributed by atoms with Crippen LogP contribution < -0.4 is 10.9 Å². The molecule has 0 aliphatic rings. The van der Waals surface area contributed by atoms with Crippen LogP contribution >= 0.6 is 46.3 Å². The van der Waals surface area contributed by atoms with E-state index in [2.05, 4.69) is 10.3 Å². The third-order valence-electron chi connectivity index (χ3n) is 4.23. The fraction of sp³-hybridized carbons (Fsp3) is 0.0952. The van der Waals surface area contributed by atoms with Crippen molar-refractivity contribution in [1.82, 2.24) is 9.55 Å². The van der Waals surface area contributed by atoms with E-state index in [1.165, 1.54) is 27.7 Å². The minimum atomic E-state index is -0.300. The summed E-state index contributed by atoms with van der Waals surface area (Å²) in [4.78, 5) is 32.0. The van der Waals surface area contributed by atoms with Gasteiger partial charge in [0, 0.05) is 4.88 Å². The van der Waals surface area contributed by atoms with Crippen LogP contribution in [0.3, 0.4) is 0 Å². The molecule has 0 unspecified atom stereocenters. The second-order valence-electron chi connectivity index (χ2n) is 6.38.